The van der Waals surface area contributed by atoms with Crippen LogP contribution in [-0.4, -0.2) is 28.5 Å². The van der Waals surface area contributed by atoms with Crippen molar-refractivity contribution in [1.29, 1.82) is 0 Å². The average molecular weight is 253 g/mol. The van der Waals surface area contributed by atoms with Gasteiger partial charge in [0.15, 0.2) is 0 Å². The minimum absolute atomic E-state index is 0.227. The maximum absolute atomic E-state index is 6.37. The quantitative estimate of drug-likeness (QED) is 0.881. The maximum atomic E-state index is 6.37. The van der Waals surface area contributed by atoms with Crippen LogP contribution in [0.2, 0.25) is 0 Å². The molecular formula is C13H23N3S. The second-order valence-corrected chi connectivity index (χ2v) is 6.15. The van der Waals surface area contributed by atoms with Crippen molar-refractivity contribution in [2.45, 2.75) is 58.2 Å². The number of nitrogens with zero attached hydrogens (tertiary/aromatic N) is 2. The van der Waals surface area contributed by atoms with Gasteiger partial charge in [0.1, 0.15) is 5.01 Å². The highest BCUT2D eigenvalue weighted by Crippen LogP contribution is 2.32. The normalized spacial score (nSPS) is 27.4. The van der Waals surface area contributed by atoms with Crippen LogP contribution in [0.15, 0.2) is 5.38 Å². The van der Waals surface area contributed by atoms with Crippen molar-refractivity contribution in [3.05, 3.63) is 16.1 Å². The summed E-state index contributed by atoms with van der Waals surface area (Å²) < 4.78 is 0. The van der Waals surface area contributed by atoms with E-state index >= 15 is 0 Å². The lowest BCUT2D eigenvalue weighted by atomic mass is 10.0. The number of thiazole rings is 1. The summed E-state index contributed by atoms with van der Waals surface area (Å²) in [6, 6.07) is 1.08. The smallest absolute Gasteiger partial charge is 0.112 e. The first-order chi connectivity index (χ1) is 8.09. The molecule has 2 atom stereocenters. The van der Waals surface area contributed by atoms with Crippen LogP contribution in [0.3, 0.4) is 0 Å². The molecule has 0 spiro atoms. The Labute approximate surface area is 108 Å². The summed E-state index contributed by atoms with van der Waals surface area (Å²) in [5.41, 5.74) is 7.49. The lowest BCUT2D eigenvalue weighted by molar-refractivity contribution is 0.143. The number of aryl methyl sites for hydroxylation is 1. The van der Waals surface area contributed by atoms with Crippen LogP contribution < -0.4 is 5.73 Å². The molecule has 17 heavy (non-hydrogen) atoms. The summed E-state index contributed by atoms with van der Waals surface area (Å²) in [4.78, 5) is 7.18. The van der Waals surface area contributed by atoms with Crippen molar-refractivity contribution in [3.8, 4) is 0 Å². The van der Waals surface area contributed by atoms with Gasteiger partial charge in [-0.3, -0.25) is 4.90 Å². The number of likely N-dealkylation sites (tertiary alicyclic amines) is 1. The minimum Gasteiger partial charge on any atom is -0.326 e. The van der Waals surface area contributed by atoms with E-state index in [0.717, 1.165) is 18.7 Å². The molecule has 2 unspecified atom stereocenters. The Morgan fingerprint density at radius 1 is 1.47 bits per heavy atom. The van der Waals surface area contributed by atoms with E-state index in [1.807, 2.05) is 0 Å². The van der Waals surface area contributed by atoms with E-state index < -0.39 is 0 Å². The second kappa shape index (κ2) is 5.46. The van der Waals surface area contributed by atoms with Gasteiger partial charge < -0.3 is 5.73 Å². The standard InChI is InChI=1S/C13H23N3S/c1-9(2)16-7-5-4-6-11(14)12(16)13-15-10(3)8-17-13/h8-9,11-12H,4-7,14H2,1-3H3. The molecule has 3 nitrogen and oxygen atoms in total. The van der Waals surface area contributed by atoms with Crippen LogP contribution in [0.4, 0.5) is 0 Å². The van der Waals surface area contributed by atoms with Gasteiger partial charge in [0.2, 0.25) is 0 Å². The molecule has 2 N–H and O–H groups in total. The lowest BCUT2D eigenvalue weighted by Crippen LogP contribution is -2.43. The highest BCUT2D eigenvalue weighted by Gasteiger charge is 2.32. The van der Waals surface area contributed by atoms with Gasteiger partial charge in [-0.05, 0) is 40.2 Å². The van der Waals surface area contributed by atoms with Gasteiger partial charge in [-0.25, -0.2) is 4.98 Å². The van der Waals surface area contributed by atoms with Crippen LogP contribution >= 0.6 is 11.3 Å². The zero-order chi connectivity index (χ0) is 12.4. The third kappa shape index (κ3) is 2.87. The molecule has 1 saturated heterocycles. The molecule has 0 aromatic carbocycles. The molecule has 96 valence electrons. The molecule has 1 aromatic heterocycles. The first-order valence-electron chi connectivity index (χ1n) is 6.53. The summed E-state index contributed by atoms with van der Waals surface area (Å²) >= 11 is 1.76. The fourth-order valence-electron chi connectivity index (χ4n) is 2.63. The molecule has 0 aliphatic carbocycles. The molecule has 4 heteroatoms. The van der Waals surface area contributed by atoms with Gasteiger partial charge in [0.05, 0.1) is 6.04 Å². The van der Waals surface area contributed by atoms with Crippen LogP contribution in [0.25, 0.3) is 0 Å². The van der Waals surface area contributed by atoms with Gasteiger partial charge in [0, 0.05) is 23.2 Å². The highest BCUT2D eigenvalue weighted by atomic mass is 32.1. The van der Waals surface area contributed by atoms with Crippen LogP contribution in [0.5, 0.6) is 0 Å². The van der Waals surface area contributed by atoms with Crippen molar-refractivity contribution in [2.75, 3.05) is 6.54 Å². The van der Waals surface area contributed by atoms with Crippen LogP contribution in [0, 0.1) is 6.92 Å². The van der Waals surface area contributed by atoms with Gasteiger partial charge in [-0.1, -0.05) is 6.42 Å². The Morgan fingerprint density at radius 3 is 2.82 bits per heavy atom. The molecule has 0 saturated carbocycles. The summed E-state index contributed by atoms with van der Waals surface area (Å²) in [6.07, 6.45) is 3.62. The zero-order valence-electron chi connectivity index (χ0n) is 11.0. The Bertz CT molecular complexity index is 361. The van der Waals surface area contributed by atoms with Crippen LogP contribution in [-0.2, 0) is 0 Å². The monoisotopic (exact) mass is 253 g/mol. The first-order valence-corrected chi connectivity index (χ1v) is 7.41. The summed E-state index contributed by atoms with van der Waals surface area (Å²) in [5, 5.41) is 3.33. The Morgan fingerprint density at radius 2 is 2.24 bits per heavy atom. The van der Waals surface area contributed by atoms with Gasteiger partial charge in [-0.2, -0.15) is 0 Å². The fourth-order valence-corrected chi connectivity index (χ4v) is 3.62. The minimum atomic E-state index is 0.227. The van der Waals surface area contributed by atoms with Gasteiger partial charge >= 0.3 is 0 Å². The molecule has 0 amide bonds. The van der Waals surface area contributed by atoms with Crippen molar-refractivity contribution in [3.63, 3.8) is 0 Å². The van der Waals surface area contributed by atoms with E-state index in [9.17, 15) is 0 Å². The largest absolute Gasteiger partial charge is 0.326 e. The van der Waals surface area contributed by atoms with E-state index in [2.05, 4.69) is 36.0 Å². The predicted octanol–water partition coefficient (Wildman–Crippen LogP) is 2.71. The van der Waals surface area contributed by atoms with Crippen molar-refractivity contribution < 1.29 is 0 Å². The lowest BCUT2D eigenvalue weighted by Gasteiger charge is -2.35. The highest BCUT2D eigenvalue weighted by molar-refractivity contribution is 7.09. The summed E-state index contributed by atoms with van der Waals surface area (Å²) in [5.74, 6) is 0. The third-order valence-corrected chi connectivity index (χ3v) is 4.55. The first kappa shape index (κ1) is 13.0. The topological polar surface area (TPSA) is 42.1 Å². The summed E-state index contributed by atoms with van der Waals surface area (Å²) in [6.45, 7) is 7.72. The van der Waals surface area contributed by atoms with E-state index in [1.165, 1.54) is 17.8 Å². The van der Waals surface area contributed by atoms with E-state index in [0.29, 0.717) is 12.1 Å². The molecule has 1 aliphatic heterocycles. The molecule has 0 radical (unpaired) electrons. The fraction of sp³-hybridized carbons (Fsp3) is 0.769. The SMILES string of the molecule is Cc1csc(C2C(N)CCCCN2C(C)C)n1. The zero-order valence-corrected chi connectivity index (χ0v) is 11.8. The Balaban J connectivity index is 2.29. The number of hydrogen-bond acceptors (Lipinski definition) is 4. The van der Waals surface area contributed by atoms with Gasteiger partial charge in [-0.15, -0.1) is 11.3 Å². The summed E-state index contributed by atoms with van der Waals surface area (Å²) in [7, 11) is 0. The number of aromatic nitrogens is 1. The van der Waals surface area contributed by atoms with Crippen molar-refractivity contribution >= 4 is 11.3 Å². The van der Waals surface area contributed by atoms with E-state index in [-0.39, 0.29) is 6.04 Å². The molecule has 2 heterocycles. The third-order valence-electron chi connectivity index (χ3n) is 3.52. The van der Waals surface area contributed by atoms with Crippen molar-refractivity contribution in [2.24, 2.45) is 5.73 Å². The van der Waals surface area contributed by atoms with E-state index in [4.69, 9.17) is 5.73 Å². The predicted molar refractivity (Wildman–Crippen MR) is 73.3 cm³/mol. The average Bonchev–Trinajstić information content (AvgIpc) is 2.58. The maximum Gasteiger partial charge on any atom is 0.112 e. The molecule has 1 aliphatic rings. The molecule has 2 rings (SSSR count). The van der Waals surface area contributed by atoms with E-state index in [1.54, 1.807) is 11.3 Å². The molecule has 1 fully saturated rings. The van der Waals surface area contributed by atoms with Crippen molar-refractivity contribution in [1.82, 2.24) is 9.88 Å². The Kier molecular flexibility index (Phi) is 4.17. The Hall–Kier alpha value is -0.450. The number of nitrogens with two attached hydrogens (primary N) is 1. The number of rotatable bonds is 2. The molecular weight excluding hydrogens is 230 g/mol. The molecule has 1 aromatic rings. The van der Waals surface area contributed by atoms with Gasteiger partial charge in [0.25, 0.3) is 0 Å². The van der Waals surface area contributed by atoms with Crippen LogP contribution in [0.1, 0.15) is 49.9 Å². The second-order valence-electron chi connectivity index (χ2n) is 5.26. The number of hydrogen-bond donors (Lipinski definition) is 1. The molecule has 0 bridgehead atoms.